The van der Waals surface area contributed by atoms with Crippen molar-refractivity contribution in [1.82, 2.24) is 10.7 Å². The van der Waals surface area contributed by atoms with Crippen LogP contribution in [0.3, 0.4) is 0 Å². The Morgan fingerprint density at radius 1 is 1.31 bits per heavy atom. The van der Waals surface area contributed by atoms with Crippen LogP contribution in [0.15, 0.2) is 18.2 Å². The normalized spacial score (nSPS) is 10.1. The molecule has 0 fully saturated rings. The minimum absolute atomic E-state index is 0.280. The number of rotatable bonds is 3. The van der Waals surface area contributed by atoms with Crippen LogP contribution in [0, 0.1) is 0 Å². The van der Waals surface area contributed by atoms with Gasteiger partial charge in [-0.15, -0.1) is 0 Å². The summed E-state index contributed by atoms with van der Waals surface area (Å²) in [6.07, 6.45) is 0. The summed E-state index contributed by atoms with van der Waals surface area (Å²) >= 11 is 16.8. The Bertz CT molecular complexity index is 382. The van der Waals surface area contributed by atoms with Gasteiger partial charge in [0.15, 0.2) is 5.11 Å². The van der Waals surface area contributed by atoms with Crippen LogP contribution in [0.4, 0.5) is 5.69 Å². The van der Waals surface area contributed by atoms with Crippen LogP contribution in [0.2, 0.25) is 10.0 Å². The smallest absolute Gasteiger partial charge is 0.185 e. The summed E-state index contributed by atoms with van der Waals surface area (Å²) in [6, 6.07) is 5.46. The van der Waals surface area contributed by atoms with Crippen LogP contribution in [0.25, 0.3) is 0 Å². The highest BCUT2D eigenvalue weighted by molar-refractivity contribution is 7.80. The van der Waals surface area contributed by atoms with Gasteiger partial charge in [-0.1, -0.05) is 23.2 Å². The van der Waals surface area contributed by atoms with E-state index in [1.54, 1.807) is 18.2 Å². The van der Waals surface area contributed by atoms with Gasteiger partial charge < -0.3 is 5.32 Å². The molecule has 0 heterocycles. The van der Waals surface area contributed by atoms with Crippen LogP contribution in [-0.2, 0) is 0 Å². The van der Waals surface area contributed by atoms with Gasteiger partial charge in [-0.05, 0) is 44.3 Å². The Balaban J connectivity index is 2.51. The lowest BCUT2D eigenvalue weighted by atomic mass is 10.3. The van der Waals surface area contributed by atoms with Crippen molar-refractivity contribution in [2.75, 3.05) is 5.43 Å². The van der Waals surface area contributed by atoms with E-state index in [2.05, 4.69) is 16.2 Å². The summed E-state index contributed by atoms with van der Waals surface area (Å²) in [5.74, 6) is 0. The minimum Gasteiger partial charge on any atom is -0.359 e. The monoisotopic (exact) mass is 277 g/mol. The molecule has 3 N–H and O–H groups in total. The SMILES string of the molecule is CC(C)NC(=S)NNc1ccc(Cl)cc1Cl. The highest BCUT2D eigenvalue weighted by Crippen LogP contribution is 2.24. The first-order valence-corrected chi connectivity index (χ1v) is 5.93. The van der Waals surface area contributed by atoms with Crippen molar-refractivity contribution in [2.24, 2.45) is 0 Å². The number of hydrazine groups is 1. The van der Waals surface area contributed by atoms with Crippen molar-refractivity contribution in [3.05, 3.63) is 28.2 Å². The summed E-state index contributed by atoms with van der Waals surface area (Å²) in [6.45, 7) is 4.01. The molecule has 6 heteroatoms. The number of hydrogen-bond acceptors (Lipinski definition) is 2. The molecule has 0 unspecified atom stereocenters. The molecule has 88 valence electrons. The second-order valence-corrected chi connectivity index (χ2v) is 4.75. The van der Waals surface area contributed by atoms with Crippen molar-refractivity contribution in [1.29, 1.82) is 0 Å². The molecule has 3 nitrogen and oxygen atoms in total. The average Bonchev–Trinajstić information content (AvgIpc) is 2.15. The number of benzene rings is 1. The Morgan fingerprint density at radius 2 is 2.00 bits per heavy atom. The lowest BCUT2D eigenvalue weighted by molar-refractivity contribution is 0.724. The second kappa shape index (κ2) is 6.13. The predicted octanol–water partition coefficient (Wildman–Crippen LogP) is 3.19. The van der Waals surface area contributed by atoms with E-state index < -0.39 is 0 Å². The van der Waals surface area contributed by atoms with Crippen LogP contribution in [0.5, 0.6) is 0 Å². The lowest BCUT2D eigenvalue weighted by Crippen LogP contribution is -2.42. The van der Waals surface area contributed by atoms with Crippen LogP contribution in [0.1, 0.15) is 13.8 Å². The Labute approximate surface area is 110 Å². The molecule has 1 aromatic carbocycles. The number of hydrogen-bond donors (Lipinski definition) is 3. The van der Waals surface area contributed by atoms with Gasteiger partial charge in [0.25, 0.3) is 0 Å². The zero-order valence-electron chi connectivity index (χ0n) is 8.97. The number of halogens is 2. The minimum atomic E-state index is 0.280. The molecule has 0 amide bonds. The Kier molecular flexibility index (Phi) is 5.12. The van der Waals surface area contributed by atoms with Gasteiger partial charge in [-0.25, -0.2) is 0 Å². The van der Waals surface area contributed by atoms with E-state index in [1.807, 2.05) is 13.8 Å². The maximum absolute atomic E-state index is 5.97. The summed E-state index contributed by atoms with van der Waals surface area (Å²) in [5.41, 5.74) is 6.46. The van der Waals surface area contributed by atoms with E-state index in [9.17, 15) is 0 Å². The molecule has 0 aliphatic rings. The van der Waals surface area contributed by atoms with E-state index in [0.717, 1.165) is 5.69 Å². The summed E-state index contributed by atoms with van der Waals surface area (Å²) < 4.78 is 0. The van der Waals surface area contributed by atoms with Gasteiger partial charge in [-0.3, -0.25) is 10.9 Å². The van der Waals surface area contributed by atoms with Crippen molar-refractivity contribution in [3.63, 3.8) is 0 Å². The maximum atomic E-state index is 5.97. The fourth-order valence-corrected chi connectivity index (χ4v) is 1.76. The average molecular weight is 278 g/mol. The molecule has 0 aliphatic heterocycles. The summed E-state index contributed by atoms with van der Waals surface area (Å²) in [5, 5.41) is 4.68. The zero-order chi connectivity index (χ0) is 12.1. The van der Waals surface area contributed by atoms with Crippen molar-refractivity contribution >= 4 is 46.2 Å². The maximum Gasteiger partial charge on any atom is 0.185 e. The summed E-state index contributed by atoms with van der Waals surface area (Å²) in [7, 11) is 0. The van der Waals surface area contributed by atoms with E-state index >= 15 is 0 Å². The van der Waals surface area contributed by atoms with E-state index in [0.29, 0.717) is 15.2 Å². The Morgan fingerprint density at radius 3 is 2.56 bits per heavy atom. The molecule has 0 bridgehead atoms. The standard InChI is InChI=1S/C10H13Cl2N3S/c1-6(2)13-10(16)15-14-9-4-3-7(11)5-8(9)12/h3-6,14H,1-2H3,(H2,13,15,16). The van der Waals surface area contributed by atoms with Gasteiger partial charge in [0.2, 0.25) is 0 Å². The third kappa shape index (κ3) is 4.43. The van der Waals surface area contributed by atoms with Crippen LogP contribution in [-0.4, -0.2) is 11.2 Å². The highest BCUT2D eigenvalue weighted by atomic mass is 35.5. The number of thiocarbonyl (C=S) groups is 1. The van der Waals surface area contributed by atoms with Gasteiger partial charge >= 0.3 is 0 Å². The van der Waals surface area contributed by atoms with Crippen LogP contribution >= 0.6 is 35.4 Å². The lowest BCUT2D eigenvalue weighted by Gasteiger charge is -2.15. The van der Waals surface area contributed by atoms with E-state index in [1.165, 1.54) is 0 Å². The largest absolute Gasteiger partial charge is 0.359 e. The predicted molar refractivity (Wildman–Crippen MR) is 74.1 cm³/mol. The first-order valence-electron chi connectivity index (χ1n) is 4.76. The van der Waals surface area contributed by atoms with Crippen LogP contribution < -0.4 is 16.2 Å². The molecule has 0 spiro atoms. The molecule has 0 aliphatic carbocycles. The molecule has 0 saturated heterocycles. The van der Waals surface area contributed by atoms with Gasteiger partial charge in [0.1, 0.15) is 0 Å². The number of anilines is 1. The second-order valence-electron chi connectivity index (χ2n) is 3.50. The van der Waals surface area contributed by atoms with Gasteiger partial charge in [-0.2, -0.15) is 0 Å². The molecule has 0 radical (unpaired) electrons. The van der Waals surface area contributed by atoms with Crippen molar-refractivity contribution in [3.8, 4) is 0 Å². The molecule has 1 aromatic rings. The number of nitrogens with one attached hydrogen (secondary N) is 3. The first kappa shape index (κ1) is 13.4. The fraction of sp³-hybridized carbons (Fsp3) is 0.300. The van der Waals surface area contributed by atoms with E-state index in [4.69, 9.17) is 35.4 Å². The van der Waals surface area contributed by atoms with Crippen molar-refractivity contribution < 1.29 is 0 Å². The topological polar surface area (TPSA) is 36.1 Å². The third-order valence-electron chi connectivity index (χ3n) is 1.66. The summed E-state index contributed by atoms with van der Waals surface area (Å²) in [4.78, 5) is 0. The van der Waals surface area contributed by atoms with Crippen molar-refractivity contribution in [2.45, 2.75) is 19.9 Å². The highest BCUT2D eigenvalue weighted by Gasteiger charge is 2.01. The van der Waals surface area contributed by atoms with E-state index in [-0.39, 0.29) is 6.04 Å². The zero-order valence-corrected chi connectivity index (χ0v) is 11.3. The molecule has 0 aromatic heterocycles. The van der Waals surface area contributed by atoms with Gasteiger partial charge in [0, 0.05) is 11.1 Å². The molecule has 16 heavy (non-hydrogen) atoms. The molecule has 0 atom stereocenters. The molecule has 1 rings (SSSR count). The third-order valence-corrected chi connectivity index (χ3v) is 2.43. The van der Waals surface area contributed by atoms with Gasteiger partial charge in [0.05, 0.1) is 10.7 Å². The Hall–Kier alpha value is -0.710. The fourth-order valence-electron chi connectivity index (χ4n) is 1.01. The first-order chi connectivity index (χ1) is 7.49. The molecular weight excluding hydrogens is 265 g/mol. The molecular formula is C10H13Cl2N3S. The molecule has 0 saturated carbocycles. The quantitative estimate of drug-likeness (QED) is 0.586.